The molecule has 2 unspecified atom stereocenters. The molecule has 1 aromatic rings. The van der Waals surface area contributed by atoms with Crippen molar-refractivity contribution >= 4 is 18.3 Å². The van der Waals surface area contributed by atoms with E-state index >= 15 is 0 Å². The van der Waals surface area contributed by atoms with Gasteiger partial charge in [-0.25, -0.2) is 0 Å². The summed E-state index contributed by atoms with van der Waals surface area (Å²) in [5.74, 6) is 1.72. The zero-order valence-electron chi connectivity index (χ0n) is 14.9. The van der Waals surface area contributed by atoms with Crippen LogP contribution in [0.15, 0.2) is 18.2 Å². The van der Waals surface area contributed by atoms with Crippen LogP contribution in [0.25, 0.3) is 0 Å². The van der Waals surface area contributed by atoms with E-state index in [2.05, 4.69) is 5.32 Å². The normalized spacial score (nSPS) is 25.1. The highest BCUT2D eigenvalue weighted by atomic mass is 35.5. The van der Waals surface area contributed by atoms with E-state index < -0.39 is 5.41 Å². The lowest BCUT2D eigenvalue weighted by Crippen LogP contribution is -2.47. The van der Waals surface area contributed by atoms with E-state index in [-0.39, 0.29) is 18.3 Å². The van der Waals surface area contributed by atoms with Gasteiger partial charge in [-0.2, -0.15) is 0 Å². The van der Waals surface area contributed by atoms with Gasteiger partial charge in [0, 0.05) is 25.2 Å². The summed E-state index contributed by atoms with van der Waals surface area (Å²) in [4.78, 5) is 15.3. The number of halogens is 1. The maximum Gasteiger partial charge on any atom is 0.232 e. The third-order valence-electron chi connectivity index (χ3n) is 5.61. The summed E-state index contributed by atoms with van der Waals surface area (Å²) in [5.41, 5.74) is 0.415. The highest BCUT2D eigenvalue weighted by Gasteiger charge is 2.38. The van der Waals surface area contributed by atoms with Crippen molar-refractivity contribution in [2.75, 3.05) is 26.3 Å². The van der Waals surface area contributed by atoms with E-state index in [1.807, 2.05) is 36.9 Å². The predicted octanol–water partition coefficient (Wildman–Crippen LogP) is 2.51. The number of nitrogens with one attached hydrogen (secondary N) is 1. The Kier molecular flexibility index (Phi) is 5.16. The predicted molar refractivity (Wildman–Crippen MR) is 98.8 cm³/mol. The van der Waals surface area contributed by atoms with Gasteiger partial charge in [0.1, 0.15) is 13.2 Å². The number of hydrogen-bond donors (Lipinski definition) is 1. The Morgan fingerprint density at radius 1 is 1.12 bits per heavy atom. The lowest BCUT2D eigenvalue weighted by Gasteiger charge is -2.33. The van der Waals surface area contributed by atoms with E-state index in [1.54, 1.807) is 0 Å². The molecule has 5 nitrogen and oxygen atoms in total. The number of hydrogen-bond acceptors (Lipinski definition) is 4. The van der Waals surface area contributed by atoms with Crippen LogP contribution in [-0.2, 0) is 10.2 Å². The number of amides is 1. The molecule has 3 heterocycles. The molecule has 1 aromatic carbocycles. The molecular formula is C19H27ClN2O3. The second-order valence-corrected chi connectivity index (χ2v) is 7.66. The van der Waals surface area contributed by atoms with Gasteiger partial charge in [-0.1, -0.05) is 6.07 Å². The van der Waals surface area contributed by atoms with Crippen molar-refractivity contribution in [2.24, 2.45) is 0 Å². The van der Waals surface area contributed by atoms with E-state index in [1.165, 1.54) is 12.8 Å². The third kappa shape index (κ3) is 3.44. The topological polar surface area (TPSA) is 50.8 Å². The Labute approximate surface area is 155 Å². The maximum atomic E-state index is 13.2. The molecule has 2 atom stereocenters. The van der Waals surface area contributed by atoms with Gasteiger partial charge in [0.05, 0.1) is 5.41 Å². The number of carbonyl (C=O) groups excluding carboxylic acids is 1. The summed E-state index contributed by atoms with van der Waals surface area (Å²) in [6, 6.07) is 6.93. The van der Waals surface area contributed by atoms with E-state index in [0.717, 1.165) is 36.6 Å². The minimum atomic E-state index is -0.570. The second-order valence-electron chi connectivity index (χ2n) is 7.66. The quantitative estimate of drug-likeness (QED) is 0.873. The first kappa shape index (κ1) is 18.3. The molecule has 3 aliphatic rings. The van der Waals surface area contributed by atoms with Crippen LogP contribution in [0.5, 0.6) is 11.5 Å². The Morgan fingerprint density at radius 2 is 1.84 bits per heavy atom. The fourth-order valence-corrected chi connectivity index (χ4v) is 4.08. The minimum Gasteiger partial charge on any atom is -0.486 e. The molecular weight excluding hydrogens is 340 g/mol. The largest absolute Gasteiger partial charge is 0.486 e. The molecule has 0 aliphatic carbocycles. The Hall–Kier alpha value is -1.46. The van der Waals surface area contributed by atoms with E-state index in [4.69, 9.17) is 9.47 Å². The van der Waals surface area contributed by atoms with Gasteiger partial charge in [-0.15, -0.1) is 12.4 Å². The zero-order chi connectivity index (χ0) is 16.7. The van der Waals surface area contributed by atoms with Crippen molar-refractivity contribution in [1.29, 1.82) is 0 Å². The molecule has 6 heteroatoms. The van der Waals surface area contributed by atoms with Gasteiger partial charge in [0.25, 0.3) is 0 Å². The Bertz CT molecular complexity index is 650. The lowest BCUT2D eigenvalue weighted by molar-refractivity contribution is -0.136. The molecule has 3 aliphatic heterocycles. The summed E-state index contributed by atoms with van der Waals surface area (Å²) < 4.78 is 11.3. The zero-order valence-corrected chi connectivity index (χ0v) is 15.7. The average molecular weight is 367 g/mol. The van der Waals surface area contributed by atoms with Crippen LogP contribution < -0.4 is 14.8 Å². The van der Waals surface area contributed by atoms with Crippen LogP contribution in [0.4, 0.5) is 0 Å². The maximum absolute atomic E-state index is 13.2. The number of likely N-dealkylation sites (tertiary alicyclic amines) is 1. The standard InChI is InChI=1S/C19H26N2O3.ClH/c1-19(2,13-3-6-16-17(11-13)24-10-9-23-16)18(22)21-8-7-14-4-5-15(12-21)20-14;/h3,6,11,14-15,20H,4-5,7-10,12H2,1-2H3;1H. The molecule has 4 rings (SSSR count). The molecule has 1 amide bonds. The summed E-state index contributed by atoms with van der Waals surface area (Å²) in [7, 11) is 0. The Balaban J connectivity index is 0.00000182. The van der Waals surface area contributed by atoms with Crippen molar-refractivity contribution in [1.82, 2.24) is 10.2 Å². The number of ether oxygens (including phenoxy) is 2. The van der Waals surface area contributed by atoms with Gasteiger partial charge < -0.3 is 19.7 Å². The van der Waals surface area contributed by atoms with Crippen LogP contribution in [-0.4, -0.2) is 49.2 Å². The monoisotopic (exact) mass is 366 g/mol. The fraction of sp³-hybridized carbons (Fsp3) is 0.632. The molecule has 138 valence electrons. The number of fused-ring (bicyclic) bond motifs is 3. The van der Waals surface area contributed by atoms with Crippen LogP contribution in [0.3, 0.4) is 0 Å². The molecule has 1 N–H and O–H groups in total. The molecule has 0 spiro atoms. The van der Waals surface area contributed by atoms with Gasteiger partial charge in [-0.3, -0.25) is 4.79 Å². The first-order valence-electron chi connectivity index (χ1n) is 8.99. The molecule has 2 bridgehead atoms. The summed E-state index contributed by atoms with van der Waals surface area (Å²) in [6.45, 7) is 6.84. The van der Waals surface area contributed by atoms with Gasteiger partial charge in [-0.05, 0) is 50.8 Å². The van der Waals surface area contributed by atoms with Gasteiger partial charge in [0.15, 0.2) is 11.5 Å². The summed E-state index contributed by atoms with van der Waals surface area (Å²) >= 11 is 0. The molecule has 2 saturated heterocycles. The van der Waals surface area contributed by atoms with Crippen LogP contribution in [0.1, 0.15) is 38.7 Å². The van der Waals surface area contributed by atoms with Crippen molar-refractivity contribution in [2.45, 2.75) is 50.6 Å². The number of rotatable bonds is 2. The third-order valence-corrected chi connectivity index (χ3v) is 5.61. The van der Waals surface area contributed by atoms with Crippen molar-refractivity contribution in [3.05, 3.63) is 23.8 Å². The first-order chi connectivity index (χ1) is 11.5. The van der Waals surface area contributed by atoms with E-state index in [0.29, 0.717) is 25.3 Å². The van der Waals surface area contributed by atoms with Crippen molar-refractivity contribution in [3.63, 3.8) is 0 Å². The average Bonchev–Trinajstić information content (AvgIpc) is 2.92. The second kappa shape index (κ2) is 7.04. The number of benzene rings is 1. The molecule has 2 fully saturated rings. The first-order valence-corrected chi connectivity index (χ1v) is 8.99. The Morgan fingerprint density at radius 3 is 2.64 bits per heavy atom. The fourth-order valence-electron chi connectivity index (χ4n) is 4.08. The number of carbonyl (C=O) groups is 1. The molecule has 0 radical (unpaired) electrons. The summed E-state index contributed by atoms with van der Waals surface area (Å²) in [5, 5.41) is 3.64. The van der Waals surface area contributed by atoms with Crippen LogP contribution >= 0.6 is 12.4 Å². The van der Waals surface area contributed by atoms with Crippen molar-refractivity contribution < 1.29 is 14.3 Å². The van der Waals surface area contributed by atoms with Gasteiger partial charge in [0.2, 0.25) is 5.91 Å². The van der Waals surface area contributed by atoms with Crippen molar-refractivity contribution in [3.8, 4) is 11.5 Å². The highest BCUT2D eigenvalue weighted by Crippen LogP contribution is 2.36. The lowest BCUT2D eigenvalue weighted by atomic mass is 9.82. The molecule has 0 aromatic heterocycles. The highest BCUT2D eigenvalue weighted by molar-refractivity contribution is 5.87. The molecule has 25 heavy (non-hydrogen) atoms. The van der Waals surface area contributed by atoms with E-state index in [9.17, 15) is 4.79 Å². The molecule has 0 saturated carbocycles. The number of nitrogens with zero attached hydrogens (tertiary/aromatic N) is 1. The SMILES string of the molecule is CC(C)(C(=O)N1CCC2CCC(C1)N2)c1ccc2c(c1)OCCO2.Cl. The van der Waals surface area contributed by atoms with Crippen LogP contribution in [0, 0.1) is 0 Å². The minimum absolute atomic E-state index is 0. The smallest absolute Gasteiger partial charge is 0.232 e. The summed E-state index contributed by atoms with van der Waals surface area (Å²) in [6.07, 6.45) is 3.48. The van der Waals surface area contributed by atoms with Crippen LogP contribution in [0.2, 0.25) is 0 Å². The van der Waals surface area contributed by atoms with Gasteiger partial charge >= 0.3 is 0 Å².